The molecule has 0 rings (SSSR count). The Hall–Kier alpha value is 0.750. The molecular weight excluding hydrogens is 383 g/mol. The van der Waals surface area contributed by atoms with Crippen molar-refractivity contribution >= 4 is 7.87 Å². The Balaban J connectivity index is 0. The van der Waals surface area contributed by atoms with Gasteiger partial charge in [0.05, 0.1) is 0 Å². The minimum Gasteiger partial charge on any atom is -1.00 e. The first-order valence-electron chi connectivity index (χ1n) is 9.53. The first kappa shape index (κ1) is 27.0. The van der Waals surface area contributed by atoms with E-state index >= 15 is 0 Å². The maximum atomic E-state index is 2.79. The molecule has 24 heavy (non-hydrogen) atoms. The molecule has 0 aliphatic carbocycles. The van der Waals surface area contributed by atoms with Crippen molar-refractivity contribution in [3.63, 3.8) is 0 Å². The summed E-state index contributed by atoms with van der Waals surface area (Å²) in [6.45, 7) is 7.02. The van der Waals surface area contributed by atoms with Crippen LogP contribution in [0, 0.1) is 0 Å². The van der Waals surface area contributed by atoms with Gasteiger partial charge >= 0.3 is 7.87 Å². The second kappa shape index (κ2) is 14.9. The van der Waals surface area contributed by atoms with Crippen LogP contribution < -0.4 is 17.0 Å². The molecule has 0 heterocycles. The van der Waals surface area contributed by atoms with Crippen LogP contribution in [0.4, 0.5) is 0 Å². The third kappa shape index (κ3) is 7.97. The first-order chi connectivity index (χ1) is 10.8. The number of halogens is 1. The van der Waals surface area contributed by atoms with Crippen LogP contribution in [0.2, 0.25) is 0 Å². The molecule has 0 saturated heterocycles. The second-order valence-corrected chi connectivity index (χ2v) is 11.2. The van der Waals surface area contributed by atoms with E-state index < -0.39 is 7.87 Å². The number of nitrogens with zero attached hydrogens (tertiary/aromatic N) is 4. The van der Waals surface area contributed by atoms with E-state index in [2.05, 4.69) is 74.8 Å². The molecule has 0 aliphatic heterocycles. The van der Waals surface area contributed by atoms with Crippen LogP contribution in [-0.2, 0) is 0 Å². The summed E-state index contributed by atoms with van der Waals surface area (Å²) in [5, 5.41) is 0. The number of rotatable bonds is 14. The highest BCUT2D eigenvalue weighted by Crippen LogP contribution is 2.66. The fourth-order valence-corrected chi connectivity index (χ4v) is 8.14. The number of hydrogen-bond donors (Lipinski definition) is 0. The molecule has 0 saturated carbocycles. The lowest BCUT2D eigenvalue weighted by molar-refractivity contribution is -0.00000545. The van der Waals surface area contributed by atoms with Gasteiger partial charge < -0.3 is 17.0 Å². The van der Waals surface area contributed by atoms with E-state index in [1.807, 2.05) is 0 Å². The minimum atomic E-state index is -1.59. The fourth-order valence-electron chi connectivity index (χ4n) is 3.65. The van der Waals surface area contributed by atoms with Crippen molar-refractivity contribution in [3.8, 4) is 0 Å². The van der Waals surface area contributed by atoms with Crippen molar-refractivity contribution in [1.29, 1.82) is 0 Å². The zero-order chi connectivity index (χ0) is 17.9. The summed E-state index contributed by atoms with van der Waals surface area (Å²) < 4.78 is 10.2. The summed E-state index contributed by atoms with van der Waals surface area (Å²) in [5.74, 6) is 0. The van der Waals surface area contributed by atoms with Crippen molar-refractivity contribution in [2.24, 2.45) is 0 Å². The molecule has 0 N–H and O–H groups in total. The molecule has 0 fully saturated rings. The molecule has 4 nitrogen and oxygen atoms in total. The van der Waals surface area contributed by atoms with Gasteiger partial charge in [-0.25, -0.2) is 0 Å². The van der Waals surface area contributed by atoms with Gasteiger partial charge in [-0.15, -0.1) is 18.7 Å². The highest BCUT2D eigenvalue weighted by atomic mass is 79.9. The molecule has 0 aromatic carbocycles. The van der Waals surface area contributed by atoms with Crippen molar-refractivity contribution in [2.45, 2.75) is 65.2 Å². The van der Waals surface area contributed by atoms with E-state index in [9.17, 15) is 0 Å². The monoisotopic (exact) mass is 426 g/mol. The van der Waals surface area contributed by atoms with Crippen LogP contribution in [0.25, 0.3) is 0 Å². The Labute approximate surface area is 164 Å². The average molecular weight is 427 g/mol. The largest absolute Gasteiger partial charge is 1.00 e. The van der Waals surface area contributed by atoms with Crippen molar-refractivity contribution in [2.75, 3.05) is 55.4 Å². The van der Waals surface area contributed by atoms with Crippen LogP contribution in [0.5, 0.6) is 0 Å². The maximum Gasteiger partial charge on any atom is 0.307 e. The molecule has 0 aromatic rings. The minimum absolute atomic E-state index is 0. The number of unbranched alkanes of at least 4 members (excludes halogenated alkanes) is 6. The molecule has 0 unspecified atom stereocenters. The van der Waals surface area contributed by atoms with Gasteiger partial charge in [-0.2, -0.15) is 0 Å². The van der Waals surface area contributed by atoms with Crippen LogP contribution in [0.15, 0.2) is 0 Å². The van der Waals surface area contributed by atoms with Crippen molar-refractivity contribution in [3.05, 3.63) is 0 Å². The molecule has 0 atom stereocenters. The lowest BCUT2D eigenvalue weighted by Gasteiger charge is -2.45. The van der Waals surface area contributed by atoms with Gasteiger partial charge in [0.2, 0.25) is 0 Å². The Morgan fingerprint density at radius 1 is 0.542 bits per heavy atom. The standard InChI is InChI=1S/C18H44N4P.BrH/c1-9-11-13-15-17-22(18-16-14-12-10-2)23(19(3)4,20(5)6)21(7)8;/h9-18H2,1-8H3;1H/q+1;/p-1. The lowest BCUT2D eigenvalue weighted by Crippen LogP contribution is -3.00. The average Bonchev–Trinajstić information content (AvgIpc) is 2.46. The summed E-state index contributed by atoms with van der Waals surface area (Å²) in [4.78, 5) is 0. The van der Waals surface area contributed by atoms with E-state index in [4.69, 9.17) is 0 Å². The van der Waals surface area contributed by atoms with Gasteiger partial charge in [0.15, 0.2) is 0 Å². The highest BCUT2D eigenvalue weighted by Gasteiger charge is 2.53. The van der Waals surface area contributed by atoms with Gasteiger partial charge in [-0.3, -0.25) is 0 Å². The smallest absolute Gasteiger partial charge is 0.307 e. The van der Waals surface area contributed by atoms with Crippen LogP contribution >= 0.6 is 7.87 Å². The van der Waals surface area contributed by atoms with Gasteiger partial charge in [0, 0.05) is 55.4 Å². The van der Waals surface area contributed by atoms with E-state index in [0.29, 0.717) is 0 Å². The van der Waals surface area contributed by atoms with E-state index in [0.717, 1.165) is 0 Å². The van der Waals surface area contributed by atoms with Crippen LogP contribution in [-0.4, -0.2) is 74.1 Å². The predicted octanol–water partition coefficient (Wildman–Crippen LogP) is 1.82. The molecule has 0 amide bonds. The summed E-state index contributed by atoms with van der Waals surface area (Å²) in [5.41, 5.74) is 0. The maximum absolute atomic E-state index is 2.79. The Morgan fingerprint density at radius 3 is 1.12 bits per heavy atom. The summed E-state index contributed by atoms with van der Waals surface area (Å²) in [6.07, 6.45) is 10.7. The van der Waals surface area contributed by atoms with Gasteiger partial charge in [0.25, 0.3) is 0 Å². The molecule has 148 valence electrons. The fraction of sp³-hybridized carbons (Fsp3) is 1.00. The molecular formula is C18H44BrN4P. The molecule has 0 aliphatic rings. The Bertz CT molecular complexity index is 254. The third-order valence-electron chi connectivity index (χ3n) is 4.53. The molecule has 0 spiro atoms. The Kier molecular flexibility index (Phi) is 16.7. The zero-order valence-corrected chi connectivity index (χ0v) is 20.2. The first-order valence-corrected chi connectivity index (χ1v) is 11.1. The normalized spacial score (nSPS) is 12.5. The zero-order valence-electron chi connectivity index (χ0n) is 17.7. The van der Waals surface area contributed by atoms with Crippen molar-refractivity contribution < 1.29 is 17.0 Å². The van der Waals surface area contributed by atoms with E-state index in [-0.39, 0.29) is 17.0 Å². The molecule has 0 radical (unpaired) electrons. The quantitative estimate of drug-likeness (QED) is 0.310. The highest BCUT2D eigenvalue weighted by molar-refractivity contribution is 7.66. The molecule has 6 heteroatoms. The van der Waals surface area contributed by atoms with Crippen LogP contribution in [0.1, 0.15) is 65.2 Å². The van der Waals surface area contributed by atoms with Crippen LogP contribution in [0.3, 0.4) is 0 Å². The summed E-state index contributed by atoms with van der Waals surface area (Å²) in [7, 11) is 11.9. The molecule has 0 aromatic heterocycles. The lowest BCUT2D eigenvalue weighted by atomic mass is 10.2. The predicted molar refractivity (Wildman–Crippen MR) is 108 cm³/mol. The van der Waals surface area contributed by atoms with Gasteiger partial charge in [-0.05, 0) is 12.8 Å². The van der Waals surface area contributed by atoms with E-state index in [1.165, 1.54) is 64.5 Å². The summed E-state index contributed by atoms with van der Waals surface area (Å²) in [6, 6.07) is 0. The molecule has 0 bridgehead atoms. The Morgan fingerprint density at radius 2 is 0.875 bits per heavy atom. The topological polar surface area (TPSA) is 13.0 Å². The number of hydrogen-bond acceptors (Lipinski definition) is 4. The van der Waals surface area contributed by atoms with E-state index in [1.54, 1.807) is 0 Å². The second-order valence-electron chi connectivity index (χ2n) is 7.15. The van der Waals surface area contributed by atoms with Gasteiger partial charge in [0.1, 0.15) is 0 Å². The summed E-state index contributed by atoms with van der Waals surface area (Å²) >= 11 is 0. The SMILES string of the molecule is CCCCCCN(CCCCCC)[P+](N(C)C)(N(C)C)N(C)C.[Br-]. The van der Waals surface area contributed by atoms with Gasteiger partial charge in [-0.1, -0.05) is 52.4 Å². The van der Waals surface area contributed by atoms with Crippen molar-refractivity contribution in [1.82, 2.24) is 18.7 Å². The third-order valence-corrected chi connectivity index (χ3v) is 8.91.